The van der Waals surface area contributed by atoms with Crippen LogP contribution in [0, 0.1) is 6.92 Å². The second-order valence-electron chi connectivity index (χ2n) is 4.43. The second kappa shape index (κ2) is 5.56. The van der Waals surface area contributed by atoms with E-state index in [0.29, 0.717) is 6.54 Å². The summed E-state index contributed by atoms with van der Waals surface area (Å²) in [4.78, 5) is 13.8. The van der Waals surface area contributed by atoms with Gasteiger partial charge in [-0.1, -0.05) is 0 Å². The monoisotopic (exact) mass is 325 g/mol. The molecule has 6 nitrogen and oxygen atoms in total. The van der Waals surface area contributed by atoms with Gasteiger partial charge in [-0.25, -0.2) is 0 Å². The summed E-state index contributed by atoms with van der Waals surface area (Å²) in [5.74, 6) is 0.0138. The second-order valence-corrected chi connectivity index (χ2v) is 5.29. The largest absolute Gasteiger partial charge is 0.338 e. The highest BCUT2D eigenvalue weighted by Gasteiger charge is 2.14. The first-order chi connectivity index (χ1) is 8.99. The zero-order valence-electron chi connectivity index (χ0n) is 11.2. The van der Waals surface area contributed by atoms with Gasteiger partial charge in [0.25, 0.3) is 0 Å². The molecule has 0 saturated heterocycles. The number of hydrogen-bond donors (Lipinski definition) is 0. The van der Waals surface area contributed by atoms with Crippen molar-refractivity contribution in [3.8, 4) is 0 Å². The van der Waals surface area contributed by atoms with Crippen molar-refractivity contribution in [2.24, 2.45) is 7.05 Å². The summed E-state index contributed by atoms with van der Waals surface area (Å²) >= 11 is 3.38. The average molecular weight is 326 g/mol. The number of amides is 1. The van der Waals surface area contributed by atoms with Crippen molar-refractivity contribution < 1.29 is 4.79 Å². The highest BCUT2D eigenvalue weighted by molar-refractivity contribution is 9.10. The summed E-state index contributed by atoms with van der Waals surface area (Å²) in [6.45, 7) is 2.70. The zero-order chi connectivity index (χ0) is 14.0. The average Bonchev–Trinajstić information content (AvgIpc) is 2.90. The molecule has 7 heteroatoms. The third-order valence-corrected chi connectivity index (χ3v) is 3.85. The van der Waals surface area contributed by atoms with Crippen molar-refractivity contribution in [3.63, 3.8) is 0 Å². The van der Waals surface area contributed by atoms with Gasteiger partial charge >= 0.3 is 0 Å². The molecular formula is C12H16BrN5O. The van der Waals surface area contributed by atoms with E-state index in [1.165, 1.54) is 0 Å². The molecule has 0 aliphatic carbocycles. The Bertz CT molecular complexity index is 589. The fraction of sp³-hybridized carbons (Fsp3) is 0.417. The molecule has 0 bridgehead atoms. The van der Waals surface area contributed by atoms with Crippen LogP contribution in [0.25, 0.3) is 0 Å². The van der Waals surface area contributed by atoms with Gasteiger partial charge in [0.2, 0.25) is 5.91 Å². The van der Waals surface area contributed by atoms with Crippen LogP contribution in [-0.4, -0.2) is 37.4 Å². The Morgan fingerprint density at radius 2 is 2.21 bits per heavy atom. The fourth-order valence-electron chi connectivity index (χ4n) is 1.72. The summed E-state index contributed by atoms with van der Waals surface area (Å²) in [6, 6.07) is 1.90. The molecule has 0 aromatic carbocycles. The van der Waals surface area contributed by atoms with E-state index in [-0.39, 0.29) is 12.5 Å². The van der Waals surface area contributed by atoms with Crippen LogP contribution < -0.4 is 0 Å². The Labute approximate surface area is 120 Å². The zero-order valence-corrected chi connectivity index (χ0v) is 12.8. The summed E-state index contributed by atoms with van der Waals surface area (Å²) in [5.41, 5.74) is 1.94. The van der Waals surface area contributed by atoms with E-state index in [9.17, 15) is 4.79 Å². The number of carbonyl (C=O) groups excluding carboxylic acids is 1. The Kier molecular flexibility index (Phi) is 4.04. The molecular weight excluding hydrogens is 310 g/mol. The maximum Gasteiger partial charge on any atom is 0.244 e. The van der Waals surface area contributed by atoms with E-state index in [1.807, 2.05) is 20.0 Å². The Morgan fingerprint density at radius 3 is 2.74 bits per heavy atom. The number of aryl methyl sites for hydroxylation is 1. The van der Waals surface area contributed by atoms with Crippen LogP contribution >= 0.6 is 15.9 Å². The molecule has 2 aromatic rings. The fourth-order valence-corrected chi connectivity index (χ4v) is 2.02. The molecule has 2 aromatic heterocycles. The SMILES string of the molecule is Cc1c(Br)cnn1CC(=O)N(C)Cc1ccnn1C. The van der Waals surface area contributed by atoms with E-state index in [2.05, 4.69) is 26.1 Å². The molecule has 2 rings (SSSR count). The molecule has 0 aliphatic rings. The Hall–Kier alpha value is -1.63. The summed E-state index contributed by atoms with van der Waals surface area (Å²) in [7, 11) is 3.64. The van der Waals surface area contributed by atoms with Gasteiger partial charge in [0.1, 0.15) is 6.54 Å². The van der Waals surface area contributed by atoms with Crippen molar-refractivity contribution in [1.82, 2.24) is 24.5 Å². The number of hydrogen-bond acceptors (Lipinski definition) is 3. The first-order valence-corrected chi connectivity index (χ1v) is 6.67. The van der Waals surface area contributed by atoms with Gasteiger partial charge in [-0.15, -0.1) is 0 Å². The van der Waals surface area contributed by atoms with E-state index in [4.69, 9.17) is 0 Å². The summed E-state index contributed by atoms with van der Waals surface area (Å²) < 4.78 is 4.36. The van der Waals surface area contributed by atoms with Crippen LogP contribution in [0.3, 0.4) is 0 Å². The molecule has 19 heavy (non-hydrogen) atoms. The lowest BCUT2D eigenvalue weighted by Crippen LogP contribution is -2.31. The lowest BCUT2D eigenvalue weighted by Gasteiger charge is -2.17. The standard InChI is InChI=1S/C12H16BrN5O/c1-9-11(13)6-15-18(9)8-12(19)16(2)7-10-4-5-14-17(10)3/h4-6H,7-8H2,1-3H3. The third-order valence-electron chi connectivity index (χ3n) is 3.08. The highest BCUT2D eigenvalue weighted by atomic mass is 79.9. The molecule has 0 saturated carbocycles. The number of carbonyl (C=O) groups is 1. The minimum absolute atomic E-state index is 0.0138. The smallest absolute Gasteiger partial charge is 0.244 e. The van der Waals surface area contributed by atoms with Crippen molar-refractivity contribution in [1.29, 1.82) is 0 Å². The maximum absolute atomic E-state index is 12.1. The molecule has 102 valence electrons. The third kappa shape index (κ3) is 3.04. The number of halogens is 1. The molecule has 0 radical (unpaired) electrons. The van der Waals surface area contributed by atoms with Gasteiger partial charge in [-0.3, -0.25) is 14.2 Å². The van der Waals surface area contributed by atoms with Gasteiger partial charge < -0.3 is 4.90 Å². The first-order valence-electron chi connectivity index (χ1n) is 5.87. The van der Waals surface area contributed by atoms with E-state index in [0.717, 1.165) is 15.9 Å². The van der Waals surface area contributed by atoms with Crippen molar-refractivity contribution in [2.75, 3.05) is 7.05 Å². The molecule has 2 heterocycles. The Balaban J connectivity index is 2.00. The minimum Gasteiger partial charge on any atom is -0.338 e. The minimum atomic E-state index is 0.0138. The summed E-state index contributed by atoms with van der Waals surface area (Å²) in [6.07, 6.45) is 3.42. The van der Waals surface area contributed by atoms with E-state index >= 15 is 0 Å². The van der Waals surface area contributed by atoms with Crippen LogP contribution in [0.4, 0.5) is 0 Å². The van der Waals surface area contributed by atoms with Crippen LogP contribution in [0.15, 0.2) is 22.9 Å². The predicted octanol–water partition coefficient (Wildman–Crippen LogP) is 1.35. The summed E-state index contributed by atoms with van der Waals surface area (Å²) in [5, 5.41) is 8.24. The van der Waals surface area contributed by atoms with Crippen LogP contribution in [0.2, 0.25) is 0 Å². The quantitative estimate of drug-likeness (QED) is 0.852. The van der Waals surface area contributed by atoms with Crippen molar-refractivity contribution in [2.45, 2.75) is 20.0 Å². The molecule has 0 fully saturated rings. The molecule has 0 atom stereocenters. The predicted molar refractivity (Wildman–Crippen MR) is 74.3 cm³/mol. The van der Waals surface area contributed by atoms with Crippen molar-refractivity contribution in [3.05, 3.63) is 34.3 Å². The normalized spacial score (nSPS) is 10.7. The first kappa shape index (κ1) is 13.8. The van der Waals surface area contributed by atoms with Gasteiger partial charge in [-0.05, 0) is 28.9 Å². The van der Waals surface area contributed by atoms with E-state index < -0.39 is 0 Å². The topological polar surface area (TPSA) is 56.0 Å². The van der Waals surface area contributed by atoms with Gasteiger partial charge in [-0.2, -0.15) is 10.2 Å². The number of rotatable bonds is 4. The number of likely N-dealkylation sites (N-methyl/N-ethyl adjacent to an activating group) is 1. The van der Waals surface area contributed by atoms with Crippen LogP contribution in [0.5, 0.6) is 0 Å². The van der Waals surface area contributed by atoms with Gasteiger partial charge in [0.05, 0.1) is 28.6 Å². The van der Waals surface area contributed by atoms with E-state index in [1.54, 1.807) is 33.7 Å². The Morgan fingerprint density at radius 1 is 1.47 bits per heavy atom. The lowest BCUT2D eigenvalue weighted by molar-refractivity contribution is -0.131. The number of aromatic nitrogens is 4. The van der Waals surface area contributed by atoms with Crippen molar-refractivity contribution >= 4 is 21.8 Å². The molecule has 0 unspecified atom stereocenters. The van der Waals surface area contributed by atoms with Gasteiger partial charge in [0.15, 0.2) is 0 Å². The lowest BCUT2D eigenvalue weighted by atomic mass is 10.3. The van der Waals surface area contributed by atoms with Gasteiger partial charge in [0, 0.05) is 20.3 Å². The molecule has 0 aliphatic heterocycles. The maximum atomic E-state index is 12.1. The van der Waals surface area contributed by atoms with Crippen LogP contribution in [0.1, 0.15) is 11.4 Å². The molecule has 1 amide bonds. The van der Waals surface area contributed by atoms with Crippen LogP contribution in [-0.2, 0) is 24.9 Å². The highest BCUT2D eigenvalue weighted by Crippen LogP contribution is 2.14. The number of nitrogens with zero attached hydrogens (tertiary/aromatic N) is 5. The molecule has 0 spiro atoms. The molecule has 0 N–H and O–H groups in total.